The molecule has 15 heavy (non-hydrogen) atoms. The molecule has 0 aliphatic rings. The van der Waals surface area contributed by atoms with Crippen molar-refractivity contribution >= 4 is 21.9 Å². The Kier molecular flexibility index (Phi) is 5.18. The molecular formula is C11H13BrO3. The summed E-state index contributed by atoms with van der Waals surface area (Å²) in [5.41, 5.74) is 0.544. The lowest BCUT2D eigenvalue weighted by atomic mass is 10.2. The lowest BCUT2D eigenvalue weighted by molar-refractivity contribution is 0.0526. The summed E-state index contributed by atoms with van der Waals surface area (Å²) in [6.45, 7) is 2.78. The summed E-state index contributed by atoms with van der Waals surface area (Å²) in [7, 11) is 0. The lowest BCUT2D eigenvalue weighted by Gasteiger charge is -2.05. The summed E-state index contributed by atoms with van der Waals surface area (Å²) >= 11 is 3.27. The fourth-order valence-corrected chi connectivity index (χ4v) is 1.22. The Morgan fingerprint density at radius 1 is 1.33 bits per heavy atom. The molecule has 0 N–H and O–H groups in total. The van der Waals surface area contributed by atoms with Gasteiger partial charge in [0.2, 0.25) is 0 Å². The Morgan fingerprint density at radius 2 is 2.00 bits per heavy atom. The van der Waals surface area contributed by atoms with Gasteiger partial charge in [-0.15, -0.1) is 0 Å². The summed E-state index contributed by atoms with van der Waals surface area (Å²) in [6.07, 6.45) is 0. The molecule has 0 saturated carbocycles. The molecular weight excluding hydrogens is 260 g/mol. The third-order valence-corrected chi connectivity index (χ3v) is 2.04. The molecule has 1 aromatic rings. The van der Waals surface area contributed by atoms with Gasteiger partial charge in [-0.25, -0.2) is 4.79 Å². The number of carbonyl (C=O) groups excluding carboxylic acids is 1. The van der Waals surface area contributed by atoms with Crippen LogP contribution in [0.15, 0.2) is 24.3 Å². The van der Waals surface area contributed by atoms with Crippen molar-refractivity contribution in [2.45, 2.75) is 6.92 Å². The van der Waals surface area contributed by atoms with Crippen LogP contribution in [0.25, 0.3) is 0 Å². The van der Waals surface area contributed by atoms with E-state index in [1.54, 1.807) is 31.2 Å². The minimum atomic E-state index is -0.301. The Morgan fingerprint density at radius 3 is 2.53 bits per heavy atom. The van der Waals surface area contributed by atoms with E-state index in [1.165, 1.54) is 0 Å². The van der Waals surface area contributed by atoms with Gasteiger partial charge < -0.3 is 9.47 Å². The standard InChI is InChI=1S/C11H13BrO3/c1-2-14-11(13)9-3-5-10(6-4-9)15-8-7-12/h3-6H,2,7-8H2,1H3. The van der Waals surface area contributed by atoms with Gasteiger partial charge in [0, 0.05) is 5.33 Å². The summed E-state index contributed by atoms with van der Waals surface area (Å²) in [6, 6.07) is 6.91. The van der Waals surface area contributed by atoms with Crippen molar-refractivity contribution in [3.63, 3.8) is 0 Å². The highest BCUT2D eigenvalue weighted by Crippen LogP contribution is 2.12. The van der Waals surface area contributed by atoms with Gasteiger partial charge in [-0.05, 0) is 31.2 Å². The van der Waals surface area contributed by atoms with Gasteiger partial charge in [-0.3, -0.25) is 0 Å². The first-order chi connectivity index (χ1) is 7.27. The highest BCUT2D eigenvalue weighted by Gasteiger charge is 2.05. The van der Waals surface area contributed by atoms with E-state index in [9.17, 15) is 4.79 Å². The SMILES string of the molecule is CCOC(=O)c1ccc(OCCBr)cc1. The smallest absolute Gasteiger partial charge is 0.338 e. The molecule has 82 valence electrons. The second kappa shape index (κ2) is 6.45. The summed E-state index contributed by atoms with van der Waals surface area (Å²) < 4.78 is 10.2. The van der Waals surface area contributed by atoms with E-state index in [2.05, 4.69) is 15.9 Å². The van der Waals surface area contributed by atoms with Gasteiger partial charge >= 0.3 is 5.97 Å². The summed E-state index contributed by atoms with van der Waals surface area (Å²) in [5.74, 6) is 0.451. The maximum absolute atomic E-state index is 11.3. The van der Waals surface area contributed by atoms with E-state index in [0.29, 0.717) is 18.8 Å². The number of alkyl halides is 1. The van der Waals surface area contributed by atoms with Crippen molar-refractivity contribution in [1.29, 1.82) is 0 Å². The molecule has 0 saturated heterocycles. The van der Waals surface area contributed by atoms with Crippen LogP contribution in [0.5, 0.6) is 5.75 Å². The summed E-state index contributed by atoms with van der Waals surface area (Å²) in [5, 5.41) is 0.784. The first-order valence-electron chi connectivity index (χ1n) is 4.74. The van der Waals surface area contributed by atoms with Crippen LogP contribution in [0.3, 0.4) is 0 Å². The molecule has 1 aromatic carbocycles. The number of rotatable bonds is 5. The number of halogens is 1. The van der Waals surface area contributed by atoms with Crippen LogP contribution in [-0.4, -0.2) is 24.5 Å². The second-order valence-corrected chi connectivity index (χ2v) is 3.58. The van der Waals surface area contributed by atoms with E-state index in [-0.39, 0.29) is 5.97 Å². The van der Waals surface area contributed by atoms with Crippen LogP contribution >= 0.6 is 15.9 Å². The van der Waals surface area contributed by atoms with Crippen molar-refractivity contribution in [2.75, 3.05) is 18.5 Å². The molecule has 0 aliphatic heterocycles. The highest BCUT2D eigenvalue weighted by molar-refractivity contribution is 9.09. The zero-order valence-electron chi connectivity index (χ0n) is 8.53. The largest absolute Gasteiger partial charge is 0.493 e. The quantitative estimate of drug-likeness (QED) is 0.611. The molecule has 1 rings (SSSR count). The third kappa shape index (κ3) is 3.91. The highest BCUT2D eigenvalue weighted by atomic mass is 79.9. The van der Waals surface area contributed by atoms with Gasteiger partial charge in [0.05, 0.1) is 18.8 Å². The molecule has 3 nitrogen and oxygen atoms in total. The first-order valence-corrected chi connectivity index (χ1v) is 5.86. The van der Waals surface area contributed by atoms with Crippen LogP contribution in [0, 0.1) is 0 Å². The fraction of sp³-hybridized carbons (Fsp3) is 0.364. The van der Waals surface area contributed by atoms with Crippen LogP contribution in [0.2, 0.25) is 0 Å². The van der Waals surface area contributed by atoms with Crippen molar-refractivity contribution in [2.24, 2.45) is 0 Å². The average molecular weight is 273 g/mol. The third-order valence-electron chi connectivity index (χ3n) is 1.71. The maximum Gasteiger partial charge on any atom is 0.338 e. The van der Waals surface area contributed by atoms with E-state index < -0.39 is 0 Å². The number of esters is 1. The normalized spacial score (nSPS) is 9.73. The molecule has 0 aliphatic carbocycles. The molecule has 0 amide bonds. The minimum Gasteiger partial charge on any atom is -0.493 e. The number of benzene rings is 1. The van der Waals surface area contributed by atoms with E-state index in [0.717, 1.165) is 11.1 Å². The van der Waals surface area contributed by atoms with Crippen molar-refractivity contribution in [3.05, 3.63) is 29.8 Å². The minimum absolute atomic E-state index is 0.301. The van der Waals surface area contributed by atoms with Gasteiger partial charge in [0.1, 0.15) is 5.75 Å². The molecule has 0 heterocycles. The summed E-state index contributed by atoms with van der Waals surface area (Å²) in [4.78, 5) is 11.3. The van der Waals surface area contributed by atoms with Gasteiger partial charge in [0.15, 0.2) is 0 Å². The second-order valence-electron chi connectivity index (χ2n) is 2.78. The predicted octanol–water partition coefficient (Wildman–Crippen LogP) is 2.64. The Balaban J connectivity index is 2.59. The molecule has 0 spiro atoms. The molecule has 0 atom stereocenters. The zero-order chi connectivity index (χ0) is 11.1. The van der Waals surface area contributed by atoms with E-state index >= 15 is 0 Å². The number of hydrogen-bond donors (Lipinski definition) is 0. The van der Waals surface area contributed by atoms with E-state index in [1.807, 2.05) is 0 Å². The first kappa shape index (κ1) is 12.0. The van der Waals surface area contributed by atoms with Crippen LogP contribution < -0.4 is 4.74 Å². The lowest BCUT2D eigenvalue weighted by Crippen LogP contribution is -2.04. The van der Waals surface area contributed by atoms with E-state index in [4.69, 9.17) is 9.47 Å². The number of carbonyl (C=O) groups is 1. The Bertz CT molecular complexity index is 308. The number of hydrogen-bond acceptors (Lipinski definition) is 3. The Labute approximate surface area is 97.5 Å². The molecule has 0 fully saturated rings. The molecule has 0 bridgehead atoms. The van der Waals surface area contributed by atoms with Crippen LogP contribution in [0.1, 0.15) is 17.3 Å². The van der Waals surface area contributed by atoms with Crippen LogP contribution in [0.4, 0.5) is 0 Å². The van der Waals surface area contributed by atoms with Crippen LogP contribution in [-0.2, 0) is 4.74 Å². The maximum atomic E-state index is 11.3. The Hall–Kier alpha value is -1.03. The zero-order valence-corrected chi connectivity index (χ0v) is 10.1. The van der Waals surface area contributed by atoms with Gasteiger partial charge in [-0.1, -0.05) is 15.9 Å². The van der Waals surface area contributed by atoms with Gasteiger partial charge in [-0.2, -0.15) is 0 Å². The number of ether oxygens (including phenoxy) is 2. The molecule has 0 unspecified atom stereocenters. The predicted molar refractivity (Wildman–Crippen MR) is 61.7 cm³/mol. The molecule has 0 radical (unpaired) electrons. The molecule has 4 heteroatoms. The van der Waals surface area contributed by atoms with Crippen molar-refractivity contribution in [3.8, 4) is 5.75 Å². The fourth-order valence-electron chi connectivity index (χ4n) is 1.06. The monoisotopic (exact) mass is 272 g/mol. The van der Waals surface area contributed by atoms with Crippen molar-refractivity contribution in [1.82, 2.24) is 0 Å². The van der Waals surface area contributed by atoms with Gasteiger partial charge in [0.25, 0.3) is 0 Å². The average Bonchev–Trinajstić information content (AvgIpc) is 2.27. The van der Waals surface area contributed by atoms with Crippen molar-refractivity contribution < 1.29 is 14.3 Å². The molecule has 0 aromatic heterocycles. The topological polar surface area (TPSA) is 35.5 Å².